The summed E-state index contributed by atoms with van der Waals surface area (Å²) in [4.78, 5) is 0. The number of hydrogen-bond donors (Lipinski definition) is 1. The predicted molar refractivity (Wildman–Crippen MR) is 89.9 cm³/mol. The summed E-state index contributed by atoms with van der Waals surface area (Å²) in [6.07, 6.45) is -3.88. The number of alkyl halides is 3. The molecule has 0 heterocycles. The van der Waals surface area contributed by atoms with Gasteiger partial charge in [-0.05, 0) is 42.8 Å². The van der Waals surface area contributed by atoms with Gasteiger partial charge in [-0.3, -0.25) is 5.43 Å². The maximum atomic E-state index is 12.7. The van der Waals surface area contributed by atoms with Crippen LogP contribution in [0.15, 0.2) is 47.6 Å². The first-order valence-corrected chi connectivity index (χ1v) is 7.46. The lowest BCUT2D eigenvalue weighted by atomic mass is 10.1. The molecule has 0 bridgehead atoms. The first-order valence-electron chi connectivity index (χ1n) is 7.08. The van der Waals surface area contributed by atoms with E-state index in [0.29, 0.717) is 12.1 Å². The molecular formula is C17H16ClF3N2O. The first-order chi connectivity index (χ1) is 11.3. The molecule has 0 spiro atoms. The summed E-state index contributed by atoms with van der Waals surface area (Å²) in [7, 11) is 1.59. The van der Waals surface area contributed by atoms with Crippen molar-refractivity contribution in [2.24, 2.45) is 5.10 Å². The molecule has 0 saturated carbocycles. The first kappa shape index (κ1) is 18.1. The summed E-state index contributed by atoms with van der Waals surface area (Å²) in [6.45, 7) is 1.78. The second-order valence-electron chi connectivity index (χ2n) is 5.18. The van der Waals surface area contributed by atoms with E-state index < -0.39 is 11.7 Å². The highest BCUT2D eigenvalue weighted by molar-refractivity contribution is 6.33. The quantitative estimate of drug-likeness (QED) is 0.575. The Bertz CT molecular complexity index is 728. The van der Waals surface area contributed by atoms with E-state index in [1.807, 2.05) is 24.3 Å². The highest BCUT2D eigenvalue weighted by atomic mass is 35.5. The van der Waals surface area contributed by atoms with Crippen molar-refractivity contribution in [3.63, 3.8) is 0 Å². The second kappa shape index (κ2) is 7.57. The zero-order valence-electron chi connectivity index (χ0n) is 13.1. The zero-order valence-corrected chi connectivity index (χ0v) is 13.9. The molecule has 0 radical (unpaired) electrons. The van der Waals surface area contributed by atoms with Crippen molar-refractivity contribution in [3.05, 3.63) is 58.6 Å². The Morgan fingerprint density at radius 2 is 1.83 bits per heavy atom. The Morgan fingerprint density at radius 1 is 1.17 bits per heavy atom. The van der Waals surface area contributed by atoms with E-state index in [1.54, 1.807) is 14.0 Å². The fourth-order valence-electron chi connectivity index (χ4n) is 2.02. The van der Waals surface area contributed by atoms with Gasteiger partial charge in [0.15, 0.2) is 0 Å². The third-order valence-corrected chi connectivity index (χ3v) is 3.61. The highest BCUT2D eigenvalue weighted by Crippen LogP contribution is 2.33. The lowest BCUT2D eigenvalue weighted by molar-refractivity contribution is -0.137. The SMILES string of the molecule is COc1ccc(CC(C)=NNc2cc(C(F)(F)F)ccc2Cl)cc1. The summed E-state index contributed by atoms with van der Waals surface area (Å²) in [5, 5.41) is 4.27. The third-order valence-electron chi connectivity index (χ3n) is 3.28. The normalized spacial score (nSPS) is 12.2. The van der Waals surface area contributed by atoms with Gasteiger partial charge in [-0.2, -0.15) is 18.3 Å². The fraction of sp³-hybridized carbons (Fsp3) is 0.235. The number of hydrogen-bond acceptors (Lipinski definition) is 3. The van der Waals surface area contributed by atoms with E-state index in [2.05, 4.69) is 10.5 Å². The van der Waals surface area contributed by atoms with Crippen LogP contribution in [0.4, 0.5) is 18.9 Å². The van der Waals surface area contributed by atoms with Crippen LogP contribution in [0.3, 0.4) is 0 Å². The molecule has 1 N–H and O–H groups in total. The van der Waals surface area contributed by atoms with Gasteiger partial charge in [-0.25, -0.2) is 0 Å². The van der Waals surface area contributed by atoms with Gasteiger partial charge in [-0.15, -0.1) is 0 Å². The van der Waals surface area contributed by atoms with Gasteiger partial charge in [0.2, 0.25) is 0 Å². The minimum atomic E-state index is -4.43. The van der Waals surface area contributed by atoms with E-state index in [-0.39, 0.29) is 10.7 Å². The largest absolute Gasteiger partial charge is 0.497 e. The van der Waals surface area contributed by atoms with Crippen LogP contribution in [-0.4, -0.2) is 12.8 Å². The van der Waals surface area contributed by atoms with E-state index in [1.165, 1.54) is 6.07 Å². The smallest absolute Gasteiger partial charge is 0.416 e. The van der Waals surface area contributed by atoms with Crippen molar-refractivity contribution < 1.29 is 17.9 Å². The number of anilines is 1. The molecule has 24 heavy (non-hydrogen) atoms. The number of nitrogens with zero attached hydrogens (tertiary/aromatic N) is 1. The van der Waals surface area contributed by atoms with Crippen LogP contribution < -0.4 is 10.2 Å². The molecule has 0 aliphatic rings. The predicted octanol–water partition coefficient (Wildman–Crippen LogP) is 5.40. The average Bonchev–Trinajstić information content (AvgIpc) is 2.53. The van der Waals surface area contributed by atoms with Crippen LogP contribution >= 0.6 is 11.6 Å². The van der Waals surface area contributed by atoms with Gasteiger partial charge in [0, 0.05) is 12.1 Å². The van der Waals surface area contributed by atoms with Crippen molar-refractivity contribution in [1.29, 1.82) is 0 Å². The molecule has 0 unspecified atom stereocenters. The van der Waals surface area contributed by atoms with Crippen molar-refractivity contribution in [2.75, 3.05) is 12.5 Å². The average molecular weight is 357 g/mol. The Labute approximate surface area is 143 Å². The number of hydrazone groups is 1. The second-order valence-corrected chi connectivity index (χ2v) is 5.58. The minimum Gasteiger partial charge on any atom is -0.497 e. The Hall–Kier alpha value is -2.21. The molecule has 0 fully saturated rings. The van der Waals surface area contributed by atoms with Crippen LogP contribution in [0.1, 0.15) is 18.1 Å². The molecule has 0 aliphatic carbocycles. The van der Waals surface area contributed by atoms with Gasteiger partial charge in [0.1, 0.15) is 5.75 Å². The Morgan fingerprint density at radius 3 is 2.42 bits per heavy atom. The van der Waals surface area contributed by atoms with E-state index in [9.17, 15) is 13.2 Å². The summed E-state index contributed by atoms with van der Waals surface area (Å²) >= 11 is 5.91. The summed E-state index contributed by atoms with van der Waals surface area (Å²) in [5.41, 5.74) is 3.64. The monoisotopic (exact) mass is 356 g/mol. The molecule has 3 nitrogen and oxygen atoms in total. The van der Waals surface area contributed by atoms with Crippen LogP contribution in [0.25, 0.3) is 0 Å². The number of benzene rings is 2. The van der Waals surface area contributed by atoms with Gasteiger partial charge in [0.05, 0.1) is 23.4 Å². The number of halogens is 4. The lowest BCUT2D eigenvalue weighted by Gasteiger charge is -2.10. The van der Waals surface area contributed by atoms with E-state index >= 15 is 0 Å². The van der Waals surface area contributed by atoms with Gasteiger partial charge in [-0.1, -0.05) is 23.7 Å². The fourth-order valence-corrected chi connectivity index (χ4v) is 2.18. The number of rotatable bonds is 5. The molecule has 128 valence electrons. The summed E-state index contributed by atoms with van der Waals surface area (Å²) < 4.78 is 43.3. The molecule has 2 aromatic rings. The minimum absolute atomic E-state index is 0.112. The van der Waals surface area contributed by atoms with Crippen LogP contribution in [0.5, 0.6) is 5.75 Å². The molecule has 2 aromatic carbocycles. The molecule has 0 atom stereocenters. The molecule has 0 aromatic heterocycles. The van der Waals surface area contributed by atoms with Crippen LogP contribution in [0.2, 0.25) is 5.02 Å². The van der Waals surface area contributed by atoms with Gasteiger partial charge >= 0.3 is 6.18 Å². The van der Waals surface area contributed by atoms with Gasteiger partial charge < -0.3 is 4.74 Å². The van der Waals surface area contributed by atoms with Crippen molar-refractivity contribution in [2.45, 2.75) is 19.5 Å². The van der Waals surface area contributed by atoms with Gasteiger partial charge in [0.25, 0.3) is 0 Å². The maximum absolute atomic E-state index is 12.7. The Kier molecular flexibility index (Phi) is 5.72. The maximum Gasteiger partial charge on any atom is 0.416 e. The molecule has 0 amide bonds. The number of nitrogens with one attached hydrogen (secondary N) is 1. The van der Waals surface area contributed by atoms with Crippen LogP contribution in [0, 0.1) is 0 Å². The zero-order chi connectivity index (χ0) is 17.7. The van der Waals surface area contributed by atoms with E-state index in [4.69, 9.17) is 16.3 Å². The lowest BCUT2D eigenvalue weighted by Crippen LogP contribution is -2.06. The Balaban J connectivity index is 2.08. The topological polar surface area (TPSA) is 33.6 Å². The molecule has 2 rings (SSSR count). The third kappa shape index (κ3) is 4.89. The summed E-state index contributed by atoms with van der Waals surface area (Å²) in [6, 6.07) is 10.5. The van der Waals surface area contributed by atoms with Crippen molar-refractivity contribution in [3.8, 4) is 5.75 Å². The van der Waals surface area contributed by atoms with Crippen LogP contribution in [-0.2, 0) is 12.6 Å². The van der Waals surface area contributed by atoms with Crippen molar-refractivity contribution in [1.82, 2.24) is 0 Å². The van der Waals surface area contributed by atoms with E-state index in [0.717, 1.165) is 23.4 Å². The molecule has 7 heteroatoms. The number of methoxy groups -OCH3 is 1. The molecule has 0 saturated heterocycles. The molecular weight excluding hydrogens is 341 g/mol. The molecule has 0 aliphatic heterocycles. The van der Waals surface area contributed by atoms with Crippen molar-refractivity contribution >= 4 is 23.0 Å². The highest BCUT2D eigenvalue weighted by Gasteiger charge is 2.30. The number of ether oxygens (including phenoxy) is 1. The standard InChI is InChI=1S/C17H16ClF3N2O/c1-11(9-12-3-6-14(24-2)7-4-12)22-23-16-10-13(17(19,20)21)5-8-15(16)18/h3-8,10,23H,9H2,1-2H3. The summed E-state index contributed by atoms with van der Waals surface area (Å²) in [5.74, 6) is 0.752.